The molecule has 0 saturated carbocycles. The van der Waals surface area contributed by atoms with E-state index >= 15 is 0 Å². The summed E-state index contributed by atoms with van der Waals surface area (Å²) < 4.78 is 3.10. The van der Waals surface area contributed by atoms with Crippen LogP contribution in [0.3, 0.4) is 0 Å². The molecule has 0 spiro atoms. The van der Waals surface area contributed by atoms with Crippen molar-refractivity contribution in [2.45, 2.75) is 26.8 Å². The number of benzene rings is 1. The predicted octanol–water partition coefficient (Wildman–Crippen LogP) is 3.70. The zero-order chi connectivity index (χ0) is 13.3. The molecular weight excluding hydrogens is 339 g/mol. The summed E-state index contributed by atoms with van der Waals surface area (Å²) in [4.78, 5) is 0. The molecule has 0 bridgehead atoms. The Morgan fingerprint density at radius 2 is 2.11 bits per heavy atom. The van der Waals surface area contributed by atoms with Crippen molar-refractivity contribution in [3.63, 3.8) is 0 Å². The van der Waals surface area contributed by atoms with Crippen LogP contribution >= 0.6 is 22.6 Å². The van der Waals surface area contributed by atoms with Gasteiger partial charge < -0.3 is 11.1 Å². The number of nitrogens with one attached hydrogen (secondary N) is 1. The third-order valence-corrected chi connectivity index (χ3v) is 3.38. The fourth-order valence-electron chi connectivity index (χ4n) is 1.76. The van der Waals surface area contributed by atoms with E-state index in [4.69, 9.17) is 5.73 Å². The Bertz CT molecular complexity index is 560. The summed E-state index contributed by atoms with van der Waals surface area (Å²) in [5.74, 6) is 0.865. The third kappa shape index (κ3) is 2.60. The number of hydrogen-bond donors (Lipinski definition) is 2. The van der Waals surface area contributed by atoms with Crippen molar-refractivity contribution in [3.8, 4) is 0 Å². The number of rotatable bonds is 3. The van der Waals surface area contributed by atoms with Gasteiger partial charge in [-0.2, -0.15) is 5.10 Å². The number of nitrogen functional groups attached to an aromatic ring is 1. The summed E-state index contributed by atoms with van der Waals surface area (Å²) >= 11 is 2.29. The van der Waals surface area contributed by atoms with Gasteiger partial charge in [-0.25, -0.2) is 4.68 Å². The summed E-state index contributed by atoms with van der Waals surface area (Å²) in [6, 6.07) is 8.44. The molecule has 3 N–H and O–H groups in total. The fourth-order valence-corrected chi connectivity index (χ4v) is 2.30. The van der Waals surface area contributed by atoms with Gasteiger partial charge in [-0.05, 0) is 61.6 Å². The molecule has 2 aromatic rings. The van der Waals surface area contributed by atoms with Gasteiger partial charge in [-0.1, -0.05) is 6.07 Å². The van der Waals surface area contributed by atoms with Crippen molar-refractivity contribution in [1.82, 2.24) is 9.78 Å². The van der Waals surface area contributed by atoms with E-state index in [0.717, 1.165) is 17.2 Å². The average molecular weight is 356 g/mol. The standard InChI is InChI=1S/C13H17IN4/c1-8(2)18-13(12(15)9(3)17-18)16-11-6-4-5-10(14)7-11/h4-8,16H,15H2,1-3H3. The molecule has 0 unspecified atom stereocenters. The first-order valence-corrected chi connectivity index (χ1v) is 6.94. The Hall–Kier alpha value is -1.24. The highest BCUT2D eigenvalue weighted by Crippen LogP contribution is 2.29. The highest BCUT2D eigenvalue weighted by molar-refractivity contribution is 14.1. The molecular formula is C13H17IN4. The maximum Gasteiger partial charge on any atom is 0.152 e. The number of hydrogen-bond acceptors (Lipinski definition) is 3. The van der Waals surface area contributed by atoms with E-state index in [1.165, 1.54) is 3.57 Å². The van der Waals surface area contributed by atoms with Crippen molar-refractivity contribution in [2.75, 3.05) is 11.1 Å². The first-order chi connectivity index (χ1) is 8.49. The number of nitrogens with two attached hydrogens (primary N) is 1. The molecule has 0 atom stereocenters. The van der Waals surface area contributed by atoms with Crippen LogP contribution in [0.15, 0.2) is 24.3 Å². The number of nitrogens with zero attached hydrogens (tertiary/aromatic N) is 2. The van der Waals surface area contributed by atoms with Gasteiger partial charge in [0.25, 0.3) is 0 Å². The monoisotopic (exact) mass is 356 g/mol. The molecule has 0 saturated heterocycles. The van der Waals surface area contributed by atoms with Crippen LogP contribution in [-0.2, 0) is 0 Å². The van der Waals surface area contributed by atoms with Gasteiger partial charge in [0.2, 0.25) is 0 Å². The second kappa shape index (κ2) is 5.17. The summed E-state index contributed by atoms with van der Waals surface area (Å²) in [7, 11) is 0. The van der Waals surface area contributed by atoms with E-state index in [-0.39, 0.29) is 6.04 Å². The van der Waals surface area contributed by atoms with E-state index in [1.807, 2.05) is 23.7 Å². The zero-order valence-electron chi connectivity index (χ0n) is 10.7. The predicted molar refractivity (Wildman–Crippen MR) is 84.2 cm³/mol. The van der Waals surface area contributed by atoms with Gasteiger partial charge in [-0.3, -0.25) is 0 Å². The molecule has 0 amide bonds. The van der Waals surface area contributed by atoms with Crippen molar-refractivity contribution in [3.05, 3.63) is 33.5 Å². The Kier molecular flexibility index (Phi) is 3.79. The van der Waals surface area contributed by atoms with Crippen LogP contribution in [0.1, 0.15) is 25.6 Å². The topological polar surface area (TPSA) is 55.9 Å². The molecule has 1 aromatic carbocycles. The second-order valence-electron chi connectivity index (χ2n) is 4.52. The normalized spacial score (nSPS) is 10.9. The highest BCUT2D eigenvalue weighted by atomic mass is 127. The quantitative estimate of drug-likeness (QED) is 0.825. The second-order valence-corrected chi connectivity index (χ2v) is 5.77. The minimum atomic E-state index is 0.270. The molecule has 0 aliphatic rings. The van der Waals surface area contributed by atoms with E-state index in [2.05, 4.69) is 59.0 Å². The molecule has 0 radical (unpaired) electrons. The minimum Gasteiger partial charge on any atom is -0.394 e. The van der Waals surface area contributed by atoms with Crippen LogP contribution in [0, 0.1) is 10.5 Å². The van der Waals surface area contributed by atoms with Crippen LogP contribution < -0.4 is 11.1 Å². The number of anilines is 3. The number of aryl methyl sites for hydroxylation is 1. The van der Waals surface area contributed by atoms with Gasteiger partial charge in [0, 0.05) is 15.3 Å². The van der Waals surface area contributed by atoms with Crippen molar-refractivity contribution < 1.29 is 0 Å². The van der Waals surface area contributed by atoms with Crippen molar-refractivity contribution >= 4 is 39.8 Å². The number of halogens is 1. The Morgan fingerprint density at radius 3 is 2.72 bits per heavy atom. The Balaban J connectivity index is 2.39. The molecule has 1 heterocycles. The van der Waals surface area contributed by atoms with Crippen molar-refractivity contribution in [2.24, 2.45) is 0 Å². The fraction of sp³-hybridized carbons (Fsp3) is 0.308. The minimum absolute atomic E-state index is 0.270. The first-order valence-electron chi connectivity index (χ1n) is 5.86. The maximum absolute atomic E-state index is 6.08. The summed E-state index contributed by atoms with van der Waals surface area (Å²) in [6.07, 6.45) is 0. The molecule has 1 aromatic heterocycles. The molecule has 18 heavy (non-hydrogen) atoms. The molecule has 0 aliphatic heterocycles. The lowest BCUT2D eigenvalue weighted by atomic mass is 10.3. The molecule has 96 valence electrons. The lowest BCUT2D eigenvalue weighted by Crippen LogP contribution is -2.08. The van der Waals surface area contributed by atoms with Crippen LogP contribution in [0.25, 0.3) is 0 Å². The summed E-state index contributed by atoms with van der Waals surface area (Å²) in [5.41, 5.74) is 8.67. The summed E-state index contributed by atoms with van der Waals surface area (Å²) in [5, 5.41) is 7.81. The lowest BCUT2D eigenvalue weighted by molar-refractivity contribution is 0.536. The zero-order valence-corrected chi connectivity index (χ0v) is 12.9. The van der Waals surface area contributed by atoms with Gasteiger partial charge in [0.1, 0.15) is 0 Å². The highest BCUT2D eigenvalue weighted by Gasteiger charge is 2.14. The first kappa shape index (κ1) is 13.2. The molecule has 2 rings (SSSR count). The van der Waals surface area contributed by atoms with Crippen LogP contribution in [0.2, 0.25) is 0 Å². The largest absolute Gasteiger partial charge is 0.394 e. The Morgan fingerprint density at radius 1 is 1.39 bits per heavy atom. The third-order valence-electron chi connectivity index (χ3n) is 2.71. The van der Waals surface area contributed by atoms with Crippen LogP contribution in [0.4, 0.5) is 17.2 Å². The van der Waals surface area contributed by atoms with Crippen LogP contribution in [0.5, 0.6) is 0 Å². The average Bonchev–Trinajstić information content (AvgIpc) is 2.57. The van der Waals surface area contributed by atoms with E-state index in [0.29, 0.717) is 5.69 Å². The number of aromatic nitrogens is 2. The molecule has 5 heteroatoms. The van der Waals surface area contributed by atoms with E-state index < -0.39 is 0 Å². The van der Waals surface area contributed by atoms with E-state index in [9.17, 15) is 0 Å². The summed E-state index contributed by atoms with van der Waals surface area (Å²) in [6.45, 7) is 6.10. The van der Waals surface area contributed by atoms with Gasteiger partial charge in [0.05, 0.1) is 11.4 Å². The molecule has 0 fully saturated rings. The van der Waals surface area contributed by atoms with Crippen molar-refractivity contribution in [1.29, 1.82) is 0 Å². The molecule has 0 aliphatic carbocycles. The van der Waals surface area contributed by atoms with E-state index in [1.54, 1.807) is 0 Å². The SMILES string of the molecule is Cc1nn(C(C)C)c(Nc2cccc(I)c2)c1N. The smallest absolute Gasteiger partial charge is 0.152 e. The van der Waals surface area contributed by atoms with Gasteiger partial charge >= 0.3 is 0 Å². The lowest BCUT2D eigenvalue weighted by Gasteiger charge is -2.13. The molecule has 4 nitrogen and oxygen atoms in total. The maximum atomic E-state index is 6.08. The van der Waals surface area contributed by atoms with Gasteiger partial charge in [-0.15, -0.1) is 0 Å². The van der Waals surface area contributed by atoms with Gasteiger partial charge in [0.15, 0.2) is 5.82 Å². The van der Waals surface area contributed by atoms with Crippen LogP contribution in [-0.4, -0.2) is 9.78 Å². The Labute approximate surface area is 121 Å².